The molecule has 0 radical (unpaired) electrons. The Bertz CT molecular complexity index is 998. The molecule has 0 unspecified atom stereocenters. The normalized spacial score (nSPS) is 18.8. The summed E-state index contributed by atoms with van der Waals surface area (Å²) in [6.07, 6.45) is 4.08. The van der Waals surface area contributed by atoms with E-state index in [0.29, 0.717) is 12.0 Å². The number of hydrogen-bond acceptors (Lipinski definition) is 7. The van der Waals surface area contributed by atoms with Crippen LogP contribution in [0, 0.1) is 0 Å². The molecule has 8 heteroatoms. The lowest BCUT2D eigenvalue weighted by molar-refractivity contribution is 0.475. The second-order valence-corrected chi connectivity index (χ2v) is 8.16. The quantitative estimate of drug-likeness (QED) is 0.627. The van der Waals surface area contributed by atoms with Gasteiger partial charge in [-0.2, -0.15) is 0 Å². The molecule has 144 valence electrons. The number of phenols is 1. The first-order chi connectivity index (χ1) is 13.8. The molecule has 0 bridgehead atoms. The van der Waals surface area contributed by atoms with Crippen molar-refractivity contribution in [1.29, 1.82) is 0 Å². The number of rotatable bonds is 4. The van der Waals surface area contributed by atoms with E-state index in [0.717, 1.165) is 66.0 Å². The van der Waals surface area contributed by atoms with Crippen molar-refractivity contribution in [1.82, 2.24) is 24.8 Å². The number of aromatic hydroxyl groups is 1. The number of phenolic OH excluding ortho intramolecular Hbond substituents is 1. The lowest BCUT2D eigenvalue weighted by Gasteiger charge is -2.23. The van der Waals surface area contributed by atoms with Crippen LogP contribution in [0.4, 0.5) is 5.95 Å². The van der Waals surface area contributed by atoms with Gasteiger partial charge in [0.15, 0.2) is 5.16 Å². The molecular weight excluding hydrogens is 372 g/mol. The highest BCUT2D eigenvalue weighted by molar-refractivity contribution is 7.99. The molecule has 5 rings (SSSR count). The minimum atomic E-state index is 0.235. The van der Waals surface area contributed by atoms with Gasteiger partial charge < -0.3 is 20.3 Å². The molecule has 3 aromatic rings. The Labute approximate surface area is 167 Å². The lowest BCUT2D eigenvalue weighted by Crippen LogP contribution is -2.38. The van der Waals surface area contributed by atoms with Crippen LogP contribution in [0.25, 0.3) is 22.6 Å². The second-order valence-electron chi connectivity index (χ2n) is 7.10. The van der Waals surface area contributed by atoms with Gasteiger partial charge in [-0.25, -0.2) is 15.0 Å². The van der Waals surface area contributed by atoms with Gasteiger partial charge in [0, 0.05) is 36.6 Å². The summed E-state index contributed by atoms with van der Waals surface area (Å²) in [5, 5.41) is 17.8. The van der Waals surface area contributed by atoms with Gasteiger partial charge in [-0.1, -0.05) is 23.9 Å². The summed E-state index contributed by atoms with van der Waals surface area (Å²) in [7, 11) is 0. The van der Waals surface area contributed by atoms with E-state index in [4.69, 9.17) is 9.97 Å². The number of piperidine rings is 1. The van der Waals surface area contributed by atoms with Crippen molar-refractivity contribution in [2.24, 2.45) is 0 Å². The molecule has 1 atom stereocenters. The molecule has 4 heterocycles. The maximum Gasteiger partial charge on any atom is 0.223 e. The Morgan fingerprint density at radius 2 is 2.21 bits per heavy atom. The molecule has 0 amide bonds. The van der Waals surface area contributed by atoms with E-state index >= 15 is 0 Å². The molecule has 2 aliphatic rings. The van der Waals surface area contributed by atoms with Crippen LogP contribution in [0.15, 0.2) is 41.7 Å². The maximum absolute atomic E-state index is 9.93. The standard InChI is InChI=1S/C20H22N6OS/c27-15-5-1-3-13(11-15)17-18(26-9-10-28-20(26)25-17)16-6-8-22-19(24-16)23-14-4-2-7-21-12-14/h1,3,5-6,8,11,14,21,27H,2,4,7,9-10,12H2,(H,22,23,24)/t14-/m1/s1. The van der Waals surface area contributed by atoms with E-state index in [2.05, 4.69) is 20.2 Å². The number of nitrogens with one attached hydrogen (secondary N) is 2. The van der Waals surface area contributed by atoms with Gasteiger partial charge in [-0.05, 0) is 37.6 Å². The molecule has 0 aliphatic carbocycles. The lowest BCUT2D eigenvalue weighted by atomic mass is 10.1. The topological polar surface area (TPSA) is 87.9 Å². The first-order valence-corrected chi connectivity index (χ1v) is 10.6. The van der Waals surface area contributed by atoms with Crippen LogP contribution >= 0.6 is 11.8 Å². The number of benzene rings is 1. The fourth-order valence-electron chi connectivity index (χ4n) is 3.81. The third-order valence-electron chi connectivity index (χ3n) is 5.13. The number of nitrogens with zero attached hydrogens (tertiary/aromatic N) is 4. The predicted octanol–water partition coefficient (Wildman–Crippen LogP) is 2.98. The van der Waals surface area contributed by atoms with Gasteiger partial charge in [0.1, 0.15) is 5.75 Å². The van der Waals surface area contributed by atoms with Gasteiger partial charge >= 0.3 is 0 Å². The third kappa shape index (κ3) is 3.33. The summed E-state index contributed by atoms with van der Waals surface area (Å²) in [5.41, 5.74) is 3.57. The smallest absolute Gasteiger partial charge is 0.223 e. The Morgan fingerprint density at radius 3 is 3.07 bits per heavy atom. The van der Waals surface area contributed by atoms with E-state index in [1.165, 1.54) is 0 Å². The second kappa shape index (κ2) is 7.44. The van der Waals surface area contributed by atoms with Crippen molar-refractivity contribution in [2.75, 3.05) is 24.2 Å². The summed E-state index contributed by atoms with van der Waals surface area (Å²) >= 11 is 1.75. The molecule has 0 spiro atoms. The van der Waals surface area contributed by atoms with Gasteiger partial charge in [0.05, 0.1) is 17.1 Å². The molecule has 7 nitrogen and oxygen atoms in total. The minimum Gasteiger partial charge on any atom is -0.508 e. The van der Waals surface area contributed by atoms with Crippen molar-refractivity contribution in [3.05, 3.63) is 36.5 Å². The number of fused-ring (bicyclic) bond motifs is 1. The van der Waals surface area contributed by atoms with E-state index < -0.39 is 0 Å². The zero-order valence-electron chi connectivity index (χ0n) is 15.4. The SMILES string of the molecule is Oc1cccc(-c2nc3n(c2-c2ccnc(N[C@@H]4CCCNC4)n2)CCS3)c1. The van der Waals surface area contributed by atoms with E-state index in [1.807, 2.05) is 18.2 Å². The highest BCUT2D eigenvalue weighted by Gasteiger charge is 2.25. The van der Waals surface area contributed by atoms with Crippen molar-refractivity contribution in [3.63, 3.8) is 0 Å². The minimum absolute atomic E-state index is 0.235. The number of hydrogen-bond donors (Lipinski definition) is 3. The van der Waals surface area contributed by atoms with Crippen molar-refractivity contribution >= 4 is 17.7 Å². The van der Waals surface area contributed by atoms with E-state index in [1.54, 1.807) is 30.1 Å². The fourth-order valence-corrected chi connectivity index (χ4v) is 4.76. The number of anilines is 1. The van der Waals surface area contributed by atoms with Gasteiger partial charge in [-0.15, -0.1) is 0 Å². The monoisotopic (exact) mass is 394 g/mol. The maximum atomic E-state index is 9.93. The van der Waals surface area contributed by atoms with Crippen molar-refractivity contribution < 1.29 is 5.11 Å². The Kier molecular flexibility index (Phi) is 4.66. The molecule has 1 aromatic carbocycles. The van der Waals surface area contributed by atoms with Crippen molar-refractivity contribution in [2.45, 2.75) is 30.6 Å². The molecule has 28 heavy (non-hydrogen) atoms. The van der Waals surface area contributed by atoms with Crippen LogP contribution in [0.2, 0.25) is 0 Å². The fraction of sp³-hybridized carbons (Fsp3) is 0.350. The molecule has 2 aromatic heterocycles. The Morgan fingerprint density at radius 1 is 1.25 bits per heavy atom. The highest BCUT2D eigenvalue weighted by Crippen LogP contribution is 2.39. The summed E-state index contributed by atoms with van der Waals surface area (Å²) in [6.45, 7) is 2.91. The van der Waals surface area contributed by atoms with Crippen LogP contribution in [-0.2, 0) is 6.54 Å². The van der Waals surface area contributed by atoms with Crippen LogP contribution in [-0.4, -0.2) is 49.5 Å². The number of thioether (sulfide) groups is 1. The first kappa shape index (κ1) is 17.5. The average molecular weight is 395 g/mol. The van der Waals surface area contributed by atoms with E-state index in [9.17, 15) is 5.11 Å². The van der Waals surface area contributed by atoms with Crippen LogP contribution in [0.3, 0.4) is 0 Å². The Hall–Kier alpha value is -2.58. The first-order valence-electron chi connectivity index (χ1n) is 9.61. The molecule has 2 aliphatic heterocycles. The molecule has 3 N–H and O–H groups in total. The van der Waals surface area contributed by atoms with Crippen LogP contribution in [0.1, 0.15) is 12.8 Å². The van der Waals surface area contributed by atoms with Crippen LogP contribution < -0.4 is 10.6 Å². The predicted molar refractivity (Wildman–Crippen MR) is 111 cm³/mol. The third-order valence-corrected chi connectivity index (χ3v) is 6.08. The van der Waals surface area contributed by atoms with Crippen molar-refractivity contribution in [3.8, 4) is 28.4 Å². The number of aromatic nitrogens is 4. The van der Waals surface area contributed by atoms with Gasteiger partial charge in [0.25, 0.3) is 0 Å². The molecular formula is C20H22N6OS. The van der Waals surface area contributed by atoms with Gasteiger partial charge in [0.2, 0.25) is 5.95 Å². The van der Waals surface area contributed by atoms with Crippen LogP contribution in [0.5, 0.6) is 5.75 Å². The highest BCUT2D eigenvalue weighted by atomic mass is 32.2. The zero-order valence-corrected chi connectivity index (χ0v) is 16.2. The molecule has 1 saturated heterocycles. The summed E-state index contributed by atoms with van der Waals surface area (Å²) in [5.74, 6) is 1.90. The summed E-state index contributed by atoms with van der Waals surface area (Å²) < 4.78 is 2.22. The summed E-state index contributed by atoms with van der Waals surface area (Å²) in [6, 6.07) is 9.52. The molecule has 0 saturated carbocycles. The largest absolute Gasteiger partial charge is 0.508 e. The molecule has 1 fully saturated rings. The zero-order chi connectivity index (χ0) is 18.9. The Balaban J connectivity index is 1.55. The number of imidazole rings is 1. The van der Waals surface area contributed by atoms with Gasteiger partial charge in [-0.3, -0.25) is 0 Å². The average Bonchev–Trinajstić information content (AvgIpc) is 3.30. The van der Waals surface area contributed by atoms with E-state index in [-0.39, 0.29) is 5.75 Å². The summed E-state index contributed by atoms with van der Waals surface area (Å²) in [4.78, 5) is 14.1.